The molecule has 19 heavy (non-hydrogen) atoms. The van der Waals surface area contributed by atoms with Crippen molar-refractivity contribution in [1.82, 2.24) is 8.61 Å². The fraction of sp³-hybridized carbons (Fsp3) is 0.909. The van der Waals surface area contributed by atoms with Crippen LogP contribution in [-0.4, -0.2) is 67.0 Å². The van der Waals surface area contributed by atoms with Crippen molar-refractivity contribution in [1.29, 1.82) is 0 Å². The SMILES string of the molecule is CCOC(=O)C1CCCN1S(=O)(=O)N(C)C(C)CO. The summed E-state index contributed by atoms with van der Waals surface area (Å²) in [6.45, 7) is 3.55. The molecule has 0 aromatic rings. The van der Waals surface area contributed by atoms with E-state index in [-0.39, 0.29) is 13.2 Å². The molecule has 1 N–H and O–H groups in total. The van der Waals surface area contributed by atoms with Crippen LogP contribution >= 0.6 is 0 Å². The van der Waals surface area contributed by atoms with Crippen molar-refractivity contribution in [2.45, 2.75) is 38.8 Å². The van der Waals surface area contributed by atoms with Gasteiger partial charge in [-0.05, 0) is 26.7 Å². The zero-order valence-corrected chi connectivity index (χ0v) is 12.4. The van der Waals surface area contributed by atoms with Gasteiger partial charge in [0.25, 0.3) is 10.2 Å². The second kappa shape index (κ2) is 6.65. The van der Waals surface area contributed by atoms with Gasteiger partial charge in [0.15, 0.2) is 0 Å². The van der Waals surface area contributed by atoms with Gasteiger partial charge < -0.3 is 9.84 Å². The van der Waals surface area contributed by atoms with Crippen LogP contribution in [0.3, 0.4) is 0 Å². The predicted octanol–water partition coefficient (Wildman–Crippen LogP) is -0.429. The van der Waals surface area contributed by atoms with E-state index in [1.807, 2.05) is 0 Å². The van der Waals surface area contributed by atoms with Gasteiger partial charge in [-0.25, -0.2) is 0 Å². The van der Waals surface area contributed by atoms with Gasteiger partial charge in [0, 0.05) is 19.6 Å². The summed E-state index contributed by atoms with van der Waals surface area (Å²) in [6, 6.07) is -1.29. The highest BCUT2D eigenvalue weighted by Gasteiger charge is 2.42. The van der Waals surface area contributed by atoms with Gasteiger partial charge in [-0.2, -0.15) is 17.0 Å². The van der Waals surface area contributed by atoms with E-state index in [2.05, 4.69) is 0 Å². The molecule has 0 aromatic heterocycles. The Hall–Kier alpha value is -0.700. The zero-order valence-electron chi connectivity index (χ0n) is 11.6. The average Bonchev–Trinajstić information content (AvgIpc) is 2.87. The van der Waals surface area contributed by atoms with Gasteiger partial charge in [-0.3, -0.25) is 4.79 Å². The smallest absolute Gasteiger partial charge is 0.324 e. The molecule has 0 spiro atoms. The van der Waals surface area contributed by atoms with Crippen LogP contribution < -0.4 is 0 Å². The Kier molecular flexibility index (Phi) is 5.72. The molecule has 7 nitrogen and oxygen atoms in total. The summed E-state index contributed by atoms with van der Waals surface area (Å²) in [5.41, 5.74) is 0. The van der Waals surface area contributed by atoms with Crippen molar-refractivity contribution in [2.24, 2.45) is 0 Å². The van der Waals surface area contributed by atoms with Crippen LogP contribution in [0.1, 0.15) is 26.7 Å². The molecule has 1 saturated heterocycles. The molecule has 0 amide bonds. The quantitative estimate of drug-likeness (QED) is 0.672. The summed E-state index contributed by atoms with van der Waals surface area (Å²) in [4.78, 5) is 11.8. The number of rotatable bonds is 6. The third-order valence-electron chi connectivity index (χ3n) is 3.31. The average molecular weight is 294 g/mol. The van der Waals surface area contributed by atoms with Crippen LogP contribution in [0.2, 0.25) is 0 Å². The van der Waals surface area contributed by atoms with Gasteiger partial charge >= 0.3 is 5.97 Å². The van der Waals surface area contributed by atoms with Crippen LogP contribution in [0, 0.1) is 0 Å². The minimum atomic E-state index is -3.76. The van der Waals surface area contributed by atoms with Crippen LogP contribution in [0.25, 0.3) is 0 Å². The first-order valence-electron chi connectivity index (χ1n) is 6.38. The Balaban J connectivity index is 2.90. The topological polar surface area (TPSA) is 87.2 Å². The monoisotopic (exact) mass is 294 g/mol. The lowest BCUT2D eigenvalue weighted by atomic mass is 10.2. The maximum absolute atomic E-state index is 12.4. The number of hydrogen-bond acceptors (Lipinski definition) is 5. The third-order valence-corrected chi connectivity index (χ3v) is 5.43. The molecule has 1 aliphatic rings. The van der Waals surface area contributed by atoms with Gasteiger partial charge in [-0.1, -0.05) is 0 Å². The fourth-order valence-corrected chi connectivity index (χ4v) is 3.72. The molecule has 1 fully saturated rings. The third kappa shape index (κ3) is 3.44. The highest BCUT2D eigenvalue weighted by molar-refractivity contribution is 7.86. The number of carbonyl (C=O) groups is 1. The number of likely N-dealkylation sites (N-methyl/N-ethyl adjacent to an activating group) is 1. The van der Waals surface area contributed by atoms with Crippen molar-refractivity contribution in [3.05, 3.63) is 0 Å². The number of aliphatic hydroxyl groups excluding tert-OH is 1. The summed E-state index contributed by atoms with van der Waals surface area (Å²) >= 11 is 0. The molecule has 1 heterocycles. The van der Waals surface area contributed by atoms with Crippen LogP contribution in [0.5, 0.6) is 0 Å². The molecule has 1 rings (SSSR count). The number of aliphatic hydroxyl groups is 1. The molecule has 0 aliphatic carbocycles. The fourth-order valence-electron chi connectivity index (χ4n) is 2.00. The molecular formula is C11H22N2O5S. The lowest BCUT2D eigenvalue weighted by Gasteiger charge is -2.30. The Morgan fingerprint density at radius 3 is 2.74 bits per heavy atom. The van der Waals surface area contributed by atoms with Gasteiger partial charge in [0.05, 0.1) is 13.2 Å². The van der Waals surface area contributed by atoms with E-state index < -0.39 is 28.3 Å². The summed E-state index contributed by atoms with van der Waals surface area (Å²) in [7, 11) is -2.36. The first kappa shape index (κ1) is 16.4. The standard InChI is InChI=1S/C11H22N2O5S/c1-4-18-11(15)10-6-5-7-13(10)19(16,17)12(3)9(2)8-14/h9-10,14H,4-8H2,1-3H3. The highest BCUT2D eigenvalue weighted by atomic mass is 32.2. The summed E-state index contributed by atoms with van der Waals surface area (Å²) in [5.74, 6) is -0.506. The van der Waals surface area contributed by atoms with E-state index in [1.165, 1.54) is 7.05 Å². The second-order valence-corrected chi connectivity index (χ2v) is 6.52. The molecule has 0 saturated carbocycles. The van der Waals surface area contributed by atoms with Gasteiger partial charge in [0.2, 0.25) is 0 Å². The Morgan fingerprint density at radius 2 is 2.21 bits per heavy atom. The van der Waals surface area contributed by atoms with Crippen molar-refractivity contribution >= 4 is 16.2 Å². The van der Waals surface area contributed by atoms with E-state index >= 15 is 0 Å². The van der Waals surface area contributed by atoms with Crippen molar-refractivity contribution < 1.29 is 23.1 Å². The van der Waals surface area contributed by atoms with Crippen molar-refractivity contribution in [2.75, 3.05) is 26.8 Å². The van der Waals surface area contributed by atoms with E-state index in [0.29, 0.717) is 19.4 Å². The first-order valence-corrected chi connectivity index (χ1v) is 7.78. The summed E-state index contributed by atoms with van der Waals surface area (Å²) in [6.07, 6.45) is 1.10. The molecular weight excluding hydrogens is 272 g/mol. The summed E-state index contributed by atoms with van der Waals surface area (Å²) < 4.78 is 31.9. The Bertz CT molecular complexity index is 411. The Morgan fingerprint density at radius 1 is 1.58 bits per heavy atom. The number of hydrogen-bond donors (Lipinski definition) is 1. The lowest BCUT2D eigenvalue weighted by Crippen LogP contribution is -2.50. The lowest BCUT2D eigenvalue weighted by molar-refractivity contribution is -0.146. The maximum Gasteiger partial charge on any atom is 0.324 e. The van der Waals surface area contributed by atoms with E-state index in [1.54, 1.807) is 13.8 Å². The van der Waals surface area contributed by atoms with Crippen molar-refractivity contribution in [3.63, 3.8) is 0 Å². The molecule has 0 radical (unpaired) electrons. The maximum atomic E-state index is 12.4. The molecule has 2 atom stereocenters. The first-order chi connectivity index (χ1) is 8.86. The number of ether oxygens (including phenoxy) is 1. The minimum Gasteiger partial charge on any atom is -0.465 e. The molecule has 2 unspecified atom stereocenters. The van der Waals surface area contributed by atoms with E-state index in [4.69, 9.17) is 9.84 Å². The zero-order chi connectivity index (χ0) is 14.6. The summed E-state index contributed by atoms with van der Waals surface area (Å²) in [5, 5.41) is 9.05. The van der Waals surface area contributed by atoms with Crippen LogP contribution in [0.4, 0.5) is 0 Å². The van der Waals surface area contributed by atoms with Gasteiger partial charge in [-0.15, -0.1) is 0 Å². The van der Waals surface area contributed by atoms with E-state index in [0.717, 1.165) is 8.61 Å². The number of nitrogens with zero attached hydrogens (tertiary/aromatic N) is 2. The number of esters is 1. The normalized spacial score (nSPS) is 22.7. The van der Waals surface area contributed by atoms with Crippen molar-refractivity contribution in [3.8, 4) is 0 Å². The molecule has 0 bridgehead atoms. The largest absolute Gasteiger partial charge is 0.465 e. The molecule has 1 aliphatic heterocycles. The van der Waals surface area contributed by atoms with Crippen LogP contribution in [0.15, 0.2) is 0 Å². The predicted molar refractivity (Wildman–Crippen MR) is 69.6 cm³/mol. The molecule has 112 valence electrons. The minimum absolute atomic E-state index is 0.228. The Labute approximate surface area is 114 Å². The molecule has 0 aromatic carbocycles. The van der Waals surface area contributed by atoms with Crippen LogP contribution in [-0.2, 0) is 19.7 Å². The number of carbonyl (C=O) groups excluding carboxylic acids is 1. The highest BCUT2D eigenvalue weighted by Crippen LogP contribution is 2.24. The van der Waals surface area contributed by atoms with Gasteiger partial charge in [0.1, 0.15) is 6.04 Å². The van der Waals surface area contributed by atoms with E-state index in [9.17, 15) is 13.2 Å². The molecule has 8 heteroatoms. The second-order valence-electron chi connectivity index (χ2n) is 4.58.